The van der Waals surface area contributed by atoms with Crippen molar-refractivity contribution in [2.75, 3.05) is 31.1 Å². The van der Waals surface area contributed by atoms with Crippen LogP contribution in [-0.2, 0) is 0 Å². The molecule has 0 atom stereocenters. The number of pyridine rings is 1. The van der Waals surface area contributed by atoms with Crippen LogP contribution in [0.3, 0.4) is 0 Å². The molecule has 0 bridgehead atoms. The third-order valence-electron chi connectivity index (χ3n) is 5.48. The molecule has 0 unspecified atom stereocenters. The summed E-state index contributed by atoms with van der Waals surface area (Å²) in [6, 6.07) is 9.73. The van der Waals surface area contributed by atoms with Crippen molar-refractivity contribution in [2.45, 2.75) is 13.8 Å². The number of aryl methyl sites for hydroxylation is 2. The number of benzene rings is 1. The molecular weight excluding hydrogens is 406 g/mol. The summed E-state index contributed by atoms with van der Waals surface area (Å²) in [5, 5.41) is 1.73. The van der Waals surface area contributed by atoms with E-state index in [0.29, 0.717) is 18.8 Å². The number of piperazine rings is 1. The normalized spacial score (nSPS) is 14.9. The van der Waals surface area contributed by atoms with Gasteiger partial charge < -0.3 is 9.80 Å². The highest BCUT2D eigenvalue weighted by atomic mass is 35.5. The number of aromatic nitrogens is 3. The first-order valence-electron chi connectivity index (χ1n) is 9.56. The van der Waals surface area contributed by atoms with Crippen LogP contribution in [0.2, 0.25) is 5.02 Å². The van der Waals surface area contributed by atoms with Gasteiger partial charge in [-0.1, -0.05) is 29.0 Å². The van der Waals surface area contributed by atoms with Gasteiger partial charge in [0.25, 0.3) is 5.91 Å². The Morgan fingerprint density at radius 3 is 2.66 bits per heavy atom. The standard InChI is InChI=1S/C21H20ClN5OS/c1-13-15(22)6-7-16-18(13)24-21(29-16)26-11-9-25(10-12-26)20(28)19-14(2)23-17-5-3-4-8-27(17)19/h3-8H,9-12H2,1-2H3. The van der Waals surface area contributed by atoms with Gasteiger partial charge in [-0.25, -0.2) is 9.97 Å². The highest BCUT2D eigenvalue weighted by Crippen LogP contribution is 2.34. The lowest BCUT2D eigenvalue weighted by Gasteiger charge is -2.34. The van der Waals surface area contributed by atoms with Crippen LogP contribution in [0.4, 0.5) is 5.13 Å². The lowest BCUT2D eigenvalue weighted by molar-refractivity contribution is 0.0739. The lowest BCUT2D eigenvalue weighted by Crippen LogP contribution is -2.49. The Kier molecular flexibility index (Phi) is 4.44. The zero-order valence-electron chi connectivity index (χ0n) is 16.2. The molecule has 1 aliphatic heterocycles. The highest BCUT2D eigenvalue weighted by Gasteiger charge is 2.27. The molecule has 0 radical (unpaired) electrons. The average molecular weight is 426 g/mol. The fourth-order valence-corrected chi connectivity index (χ4v) is 5.08. The molecule has 1 saturated heterocycles. The van der Waals surface area contributed by atoms with Gasteiger partial charge in [-0.3, -0.25) is 9.20 Å². The van der Waals surface area contributed by atoms with Crippen molar-refractivity contribution < 1.29 is 4.79 Å². The first kappa shape index (κ1) is 18.4. The van der Waals surface area contributed by atoms with E-state index < -0.39 is 0 Å². The molecule has 29 heavy (non-hydrogen) atoms. The lowest BCUT2D eigenvalue weighted by atomic mass is 10.2. The van der Waals surface area contributed by atoms with Crippen molar-refractivity contribution in [2.24, 2.45) is 0 Å². The Hall–Kier alpha value is -2.64. The summed E-state index contributed by atoms with van der Waals surface area (Å²) in [5.41, 5.74) is 4.21. The zero-order valence-corrected chi connectivity index (χ0v) is 17.8. The second kappa shape index (κ2) is 7.00. The van der Waals surface area contributed by atoms with Crippen molar-refractivity contribution in [3.63, 3.8) is 0 Å². The maximum atomic E-state index is 13.2. The first-order chi connectivity index (χ1) is 14.0. The number of imidazole rings is 1. The number of rotatable bonds is 2. The van der Waals surface area contributed by atoms with Gasteiger partial charge in [0.15, 0.2) is 5.13 Å². The highest BCUT2D eigenvalue weighted by molar-refractivity contribution is 7.22. The smallest absolute Gasteiger partial charge is 0.272 e. The van der Waals surface area contributed by atoms with Crippen molar-refractivity contribution in [3.05, 3.63) is 58.5 Å². The number of amides is 1. The SMILES string of the molecule is Cc1nc2ccccn2c1C(=O)N1CCN(c2nc3c(C)c(Cl)ccc3s2)CC1. The van der Waals surface area contributed by atoms with Gasteiger partial charge >= 0.3 is 0 Å². The number of carbonyl (C=O) groups is 1. The van der Waals surface area contributed by atoms with Crippen molar-refractivity contribution in [1.82, 2.24) is 19.3 Å². The Morgan fingerprint density at radius 1 is 1.07 bits per heavy atom. The molecule has 6 nitrogen and oxygen atoms in total. The van der Waals surface area contributed by atoms with E-state index >= 15 is 0 Å². The summed E-state index contributed by atoms with van der Waals surface area (Å²) in [7, 11) is 0. The topological polar surface area (TPSA) is 53.7 Å². The minimum atomic E-state index is 0.0350. The number of fused-ring (bicyclic) bond motifs is 2. The van der Waals surface area contributed by atoms with Gasteiger partial charge in [-0.15, -0.1) is 0 Å². The van der Waals surface area contributed by atoms with Crippen LogP contribution in [-0.4, -0.2) is 51.4 Å². The van der Waals surface area contributed by atoms with E-state index in [4.69, 9.17) is 16.6 Å². The van der Waals surface area contributed by atoms with E-state index in [-0.39, 0.29) is 5.91 Å². The Morgan fingerprint density at radius 2 is 1.86 bits per heavy atom. The van der Waals surface area contributed by atoms with E-state index in [1.807, 2.05) is 59.7 Å². The largest absolute Gasteiger partial charge is 0.345 e. The van der Waals surface area contributed by atoms with E-state index in [9.17, 15) is 4.79 Å². The van der Waals surface area contributed by atoms with Crippen molar-refractivity contribution in [1.29, 1.82) is 0 Å². The van der Waals surface area contributed by atoms with Crippen LogP contribution in [0.5, 0.6) is 0 Å². The molecule has 3 aromatic heterocycles. The number of hydrogen-bond donors (Lipinski definition) is 0. The molecule has 8 heteroatoms. The number of halogens is 1. The third-order valence-corrected chi connectivity index (χ3v) is 6.97. The molecular formula is C21H20ClN5OS. The zero-order chi connectivity index (χ0) is 20.1. The molecule has 4 aromatic rings. The van der Waals surface area contributed by atoms with E-state index in [1.54, 1.807) is 11.3 Å². The maximum Gasteiger partial charge on any atom is 0.272 e. The summed E-state index contributed by atoms with van der Waals surface area (Å²) in [6.07, 6.45) is 1.90. The van der Waals surface area contributed by atoms with Gasteiger partial charge in [0.05, 0.1) is 15.9 Å². The van der Waals surface area contributed by atoms with E-state index in [2.05, 4.69) is 9.88 Å². The van der Waals surface area contributed by atoms with Crippen molar-refractivity contribution in [3.8, 4) is 0 Å². The molecule has 1 fully saturated rings. The molecule has 0 aliphatic carbocycles. The molecule has 1 aromatic carbocycles. The predicted molar refractivity (Wildman–Crippen MR) is 117 cm³/mol. The average Bonchev–Trinajstić information content (AvgIpc) is 3.31. The summed E-state index contributed by atoms with van der Waals surface area (Å²) >= 11 is 7.92. The molecule has 1 amide bonds. The molecule has 0 spiro atoms. The van der Waals surface area contributed by atoms with E-state index in [1.165, 1.54) is 0 Å². The van der Waals surface area contributed by atoms with E-state index in [0.717, 1.165) is 50.4 Å². The molecule has 4 heterocycles. The number of anilines is 1. The Balaban J connectivity index is 1.36. The summed E-state index contributed by atoms with van der Waals surface area (Å²) < 4.78 is 3.02. The summed E-state index contributed by atoms with van der Waals surface area (Å²) in [5.74, 6) is 0.0350. The summed E-state index contributed by atoms with van der Waals surface area (Å²) in [4.78, 5) is 26.7. The minimum Gasteiger partial charge on any atom is -0.345 e. The van der Waals surface area contributed by atoms with Crippen LogP contribution in [0.1, 0.15) is 21.7 Å². The predicted octanol–water partition coefficient (Wildman–Crippen LogP) is 4.18. The quantitative estimate of drug-likeness (QED) is 0.483. The second-order valence-electron chi connectivity index (χ2n) is 7.27. The monoisotopic (exact) mass is 425 g/mol. The van der Waals surface area contributed by atoms with Crippen LogP contribution in [0.15, 0.2) is 36.5 Å². The molecule has 148 valence electrons. The number of thiazole rings is 1. The Labute approximate surface area is 177 Å². The molecule has 0 N–H and O–H groups in total. The number of carbonyl (C=O) groups excluding carboxylic acids is 1. The van der Waals surface area contributed by atoms with Crippen LogP contribution in [0, 0.1) is 13.8 Å². The van der Waals surface area contributed by atoms with Crippen LogP contribution < -0.4 is 4.90 Å². The molecule has 1 aliphatic rings. The van der Waals surface area contributed by atoms with Gasteiger partial charge in [0.2, 0.25) is 0 Å². The minimum absolute atomic E-state index is 0.0350. The fourth-order valence-electron chi connectivity index (χ4n) is 3.85. The van der Waals surface area contributed by atoms with Gasteiger partial charge in [-0.05, 0) is 43.7 Å². The maximum absolute atomic E-state index is 13.2. The Bertz CT molecular complexity index is 1240. The fraction of sp³-hybridized carbons (Fsp3) is 0.286. The first-order valence-corrected chi connectivity index (χ1v) is 10.8. The number of nitrogens with zero attached hydrogens (tertiary/aromatic N) is 5. The van der Waals surface area contributed by atoms with Gasteiger partial charge in [0.1, 0.15) is 11.3 Å². The second-order valence-corrected chi connectivity index (χ2v) is 8.69. The van der Waals surface area contributed by atoms with Crippen LogP contribution in [0.25, 0.3) is 15.9 Å². The van der Waals surface area contributed by atoms with Crippen LogP contribution >= 0.6 is 22.9 Å². The summed E-state index contributed by atoms with van der Waals surface area (Å²) in [6.45, 7) is 6.73. The molecule has 5 rings (SSSR count). The van der Waals surface area contributed by atoms with Gasteiger partial charge in [-0.2, -0.15) is 0 Å². The number of hydrogen-bond acceptors (Lipinski definition) is 5. The third kappa shape index (κ3) is 3.05. The van der Waals surface area contributed by atoms with Gasteiger partial charge in [0, 0.05) is 37.4 Å². The molecule has 0 saturated carbocycles. The van der Waals surface area contributed by atoms with Crippen molar-refractivity contribution >= 4 is 49.8 Å².